The van der Waals surface area contributed by atoms with E-state index < -0.39 is 17.4 Å². The Hall–Kier alpha value is -5.12. The molecule has 0 spiro atoms. The first-order chi connectivity index (χ1) is 17.0. The van der Waals surface area contributed by atoms with E-state index in [1.807, 2.05) is 42.5 Å². The molecular weight excluding hydrogens is 450 g/mol. The van der Waals surface area contributed by atoms with Crippen molar-refractivity contribution in [2.45, 2.75) is 0 Å². The van der Waals surface area contributed by atoms with Crippen LogP contribution in [0.5, 0.6) is 11.5 Å². The van der Waals surface area contributed by atoms with E-state index in [9.17, 15) is 20.0 Å². The summed E-state index contributed by atoms with van der Waals surface area (Å²) in [5, 5.41) is 35.5. The zero-order valence-electron chi connectivity index (χ0n) is 18.2. The molecule has 0 aliphatic heterocycles. The van der Waals surface area contributed by atoms with Crippen LogP contribution in [0.3, 0.4) is 0 Å². The van der Waals surface area contributed by atoms with Gasteiger partial charge in [0.25, 0.3) is 5.91 Å². The van der Waals surface area contributed by atoms with Gasteiger partial charge in [-0.1, -0.05) is 48.5 Å². The lowest BCUT2D eigenvalue weighted by atomic mass is 10.1. The van der Waals surface area contributed by atoms with Crippen LogP contribution >= 0.6 is 0 Å². The number of phenols is 1. The first-order valence-corrected chi connectivity index (χ1v) is 10.4. The van der Waals surface area contributed by atoms with Gasteiger partial charge in [0.2, 0.25) is 0 Å². The summed E-state index contributed by atoms with van der Waals surface area (Å²) in [6.07, 6.45) is 1.25. The van der Waals surface area contributed by atoms with Crippen LogP contribution in [0, 0.1) is 10.1 Å². The number of nitrogens with one attached hydrogen (secondary N) is 1. The number of amides is 1. The standard InChI is InChI=1S/C25H19N5O5/c31-23-13-12-19(27-28-21-9-5-7-17-6-1-2-8-20(17)21)14-18(23)15-26-29-25(32)16-35-24-11-4-3-10-22(24)30(33)34/h1-15,31H,16H2,(H,29,32)/b26-15+,28-27?. The number of benzene rings is 4. The number of nitrogens with zero attached hydrogens (tertiary/aromatic N) is 4. The number of carbonyl (C=O) groups is 1. The predicted octanol–water partition coefficient (Wildman–Crippen LogP) is 5.40. The SMILES string of the molecule is O=C(COc1ccccc1[N+](=O)[O-])N/N=C/c1cc(N=Nc2cccc3ccccc23)ccc1O. The molecule has 0 saturated heterocycles. The number of nitro groups is 1. The number of hydrogen-bond donors (Lipinski definition) is 2. The first kappa shape index (κ1) is 23.1. The molecule has 0 aromatic heterocycles. The topological polar surface area (TPSA) is 139 Å². The van der Waals surface area contributed by atoms with Crippen LogP contribution in [0.4, 0.5) is 17.1 Å². The molecule has 10 heteroatoms. The van der Waals surface area contributed by atoms with Crippen LogP contribution in [-0.4, -0.2) is 28.8 Å². The quantitative estimate of drug-likeness (QED) is 0.154. The molecule has 2 N–H and O–H groups in total. The van der Waals surface area contributed by atoms with Gasteiger partial charge >= 0.3 is 5.69 Å². The maximum Gasteiger partial charge on any atom is 0.310 e. The fourth-order valence-corrected chi connectivity index (χ4v) is 3.19. The number of azo groups is 1. The van der Waals surface area contributed by atoms with Gasteiger partial charge in [-0.15, -0.1) is 5.11 Å². The molecule has 0 bridgehead atoms. The molecule has 0 unspecified atom stereocenters. The predicted molar refractivity (Wildman–Crippen MR) is 131 cm³/mol. The summed E-state index contributed by atoms with van der Waals surface area (Å²) in [5.74, 6) is -0.729. The number of nitro benzene ring substituents is 1. The maximum atomic E-state index is 12.0. The van der Waals surface area contributed by atoms with Crippen LogP contribution in [0.1, 0.15) is 5.56 Å². The summed E-state index contributed by atoms with van der Waals surface area (Å²) in [4.78, 5) is 22.4. The molecule has 0 aliphatic rings. The van der Waals surface area contributed by atoms with E-state index in [1.165, 1.54) is 30.5 Å². The summed E-state index contributed by atoms with van der Waals surface area (Å²) in [6.45, 7) is -0.479. The van der Waals surface area contributed by atoms with Crippen LogP contribution in [0.15, 0.2) is 100 Å². The zero-order valence-corrected chi connectivity index (χ0v) is 18.2. The maximum absolute atomic E-state index is 12.0. The second-order valence-corrected chi connectivity index (χ2v) is 7.25. The van der Waals surface area contributed by atoms with Gasteiger partial charge in [0.15, 0.2) is 12.4 Å². The third-order valence-electron chi connectivity index (χ3n) is 4.86. The van der Waals surface area contributed by atoms with Gasteiger partial charge in [0.05, 0.1) is 22.5 Å². The first-order valence-electron chi connectivity index (χ1n) is 10.4. The molecule has 0 aliphatic carbocycles. The second kappa shape index (κ2) is 10.7. The Labute approximate surface area is 199 Å². The number of para-hydroxylation sites is 2. The van der Waals surface area contributed by atoms with Gasteiger partial charge in [-0.3, -0.25) is 14.9 Å². The third kappa shape index (κ3) is 5.82. The number of phenolic OH excluding ortho intramolecular Hbond substituents is 1. The van der Waals surface area contributed by atoms with Gasteiger partial charge in [0.1, 0.15) is 5.75 Å². The summed E-state index contributed by atoms with van der Waals surface area (Å²) < 4.78 is 5.21. The third-order valence-corrected chi connectivity index (χ3v) is 4.86. The average molecular weight is 469 g/mol. The lowest BCUT2D eigenvalue weighted by Crippen LogP contribution is -2.24. The van der Waals surface area contributed by atoms with Gasteiger partial charge in [-0.05, 0) is 35.7 Å². The number of hydrogen-bond acceptors (Lipinski definition) is 8. The molecule has 1 amide bonds. The Kier molecular flexibility index (Phi) is 7.02. The molecule has 10 nitrogen and oxygen atoms in total. The highest BCUT2D eigenvalue weighted by Gasteiger charge is 2.14. The molecule has 0 fully saturated rings. The minimum Gasteiger partial charge on any atom is -0.507 e. The largest absolute Gasteiger partial charge is 0.507 e. The molecule has 35 heavy (non-hydrogen) atoms. The Morgan fingerprint density at radius 3 is 2.63 bits per heavy atom. The van der Waals surface area contributed by atoms with Crippen molar-refractivity contribution in [3.63, 3.8) is 0 Å². The monoisotopic (exact) mass is 469 g/mol. The minimum atomic E-state index is -0.634. The lowest BCUT2D eigenvalue weighted by Gasteiger charge is -2.05. The van der Waals surface area contributed by atoms with Crippen molar-refractivity contribution in [2.24, 2.45) is 15.3 Å². The smallest absolute Gasteiger partial charge is 0.310 e. The number of hydrazone groups is 1. The highest BCUT2D eigenvalue weighted by molar-refractivity contribution is 5.92. The molecular formula is C25H19N5O5. The molecule has 4 aromatic rings. The van der Waals surface area contributed by atoms with Crippen molar-refractivity contribution in [1.29, 1.82) is 0 Å². The number of ether oxygens (including phenoxy) is 1. The van der Waals surface area contributed by atoms with E-state index >= 15 is 0 Å². The fourth-order valence-electron chi connectivity index (χ4n) is 3.19. The summed E-state index contributed by atoms with van der Waals surface area (Å²) in [7, 11) is 0. The van der Waals surface area contributed by atoms with E-state index in [2.05, 4.69) is 20.8 Å². The number of fused-ring (bicyclic) bond motifs is 1. The Morgan fingerprint density at radius 1 is 1.00 bits per heavy atom. The van der Waals surface area contributed by atoms with E-state index in [0.29, 0.717) is 16.9 Å². The van der Waals surface area contributed by atoms with Crippen molar-refractivity contribution in [3.8, 4) is 11.5 Å². The van der Waals surface area contributed by atoms with Gasteiger partial charge < -0.3 is 9.84 Å². The van der Waals surface area contributed by atoms with Crippen molar-refractivity contribution in [2.75, 3.05) is 6.61 Å². The van der Waals surface area contributed by atoms with Crippen LogP contribution in [0.25, 0.3) is 10.8 Å². The Balaban J connectivity index is 1.40. The van der Waals surface area contributed by atoms with Crippen molar-refractivity contribution < 1.29 is 19.6 Å². The van der Waals surface area contributed by atoms with E-state index in [-0.39, 0.29) is 17.2 Å². The summed E-state index contributed by atoms with van der Waals surface area (Å²) in [5.41, 5.74) is 3.48. The Morgan fingerprint density at radius 2 is 1.77 bits per heavy atom. The van der Waals surface area contributed by atoms with Crippen molar-refractivity contribution in [3.05, 3.63) is 101 Å². The highest BCUT2D eigenvalue weighted by atomic mass is 16.6. The summed E-state index contributed by atoms with van der Waals surface area (Å²) >= 11 is 0. The molecule has 0 atom stereocenters. The number of rotatable bonds is 8. The normalized spacial score (nSPS) is 11.2. The van der Waals surface area contributed by atoms with E-state index in [1.54, 1.807) is 18.2 Å². The van der Waals surface area contributed by atoms with Gasteiger partial charge in [-0.25, -0.2) is 5.43 Å². The van der Waals surface area contributed by atoms with E-state index in [4.69, 9.17) is 4.74 Å². The molecule has 174 valence electrons. The van der Waals surface area contributed by atoms with Crippen LogP contribution in [0.2, 0.25) is 0 Å². The molecule has 0 saturated carbocycles. The lowest BCUT2D eigenvalue weighted by molar-refractivity contribution is -0.385. The second-order valence-electron chi connectivity index (χ2n) is 7.25. The number of aromatic hydroxyl groups is 1. The molecule has 4 rings (SSSR count). The van der Waals surface area contributed by atoms with Crippen LogP contribution in [-0.2, 0) is 4.79 Å². The van der Waals surface area contributed by atoms with Crippen LogP contribution < -0.4 is 10.2 Å². The van der Waals surface area contributed by atoms with Gasteiger partial charge in [0, 0.05) is 17.0 Å². The minimum absolute atomic E-state index is 0.0291. The zero-order chi connectivity index (χ0) is 24.6. The summed E-state index contributed by atoms with van der Waals surface area (Å²) in [6, 6.07) is 23.9. The molecule has 0 radical (unpaired) electrons. The molecule has 0 heterocycles. The highest BCUT2D eigenvalue weighted by Crippen LogP contribution is 2.29. The fraction of sp³-hybridized carbons (Fsp3) is 0.0400. The molecule has 4 aromatic carbocycles. The van der Waals surface area contributed by atoms with Crippen molar-refractivity contribution in [1.82, 2.24) is 5.43 Å². The van der Waals surface area contributed by atoms with Gasteiger partial charge in [-0.2, -0.15) is 10.2 Å². The van der Waals surface area contributed by atoms with E-state index in [0.717, 1.165) is 10.8 Å². The van der Waals surface area contributed by atoms with Crippen molar-refractivity contribution >= 4 is 40.0 Å². The Bertz CT molecular complexity index is 1450. The number of carbonyl (C=O) groups excluding carboxylic acids is 1. The average Bonchev–Trinajstić information content (AvgIpc) is 2.87.